The lowest BCUT2D eigenvalue weighted by atomic mass is 9.90. The molecule has 6 bridgehead atoms. The summed E-state index contributed by atoms with van der Waals surface area (Å²) < 4.78 is 104. The smallest absolute Gasteiger partial charge is 0.415 e. The van der Waals surface area contributed by atoms with Crippen molar-refractivity contribution in [3.05, 3.63) is 52.7 Å². The van der Waals surface area contributed by atoms with Crippen molar-refractivity contribution in [2.75, 3.05) is 17.2 Å². The summed E-state index contributed by atoms with van der Waals surface area (Å²) in [5.74, 6) is -3.99. The molecule has 5 rings (SSSR count). The monoisotopic (exact) mass is 567 g/mol. The maximum absolute atomic E-state index is 14.7. The van der Waals surface area contributed by atoms with E-state index in [1.54, 1.807) is 0 Å². The van der Waals surface area contributed by atoms with E-state index in [0.29, 0.717) is 31.7 Å². The molecule has 2 aliphatic rings. The van der Waals surface area contributed by atoms with Crippen molar-refractivity contribution in [3.8, 4) is 11.6 Å². The van der Waals surface area contributed by atoms with Crippen LogP contribution in [0.2, 0.25) is 0 Å². The van der Waals surface area contributed by atoms with Gasteiger partial charge in [-0.1, -0.05) is 6.07 Å². The third kappa shape index (κ3) is 4.53. The Bertz CT molecular complexity index is 1350. The number of halogens is 8. The molecular weight excluding hydrogens is 547 g/mol. The summed E-state index contributed by atoms with van der Waals surface area (Å²) in [4.78, 5) is 5.54. The largest absolute Gasteiger partial charge is 0.430 e. The Morgan fingerprint density at radius 3 is 2.45 bits per heavy atom. The first-order valence-corrected chi connectivity index (χ1v) is 11.4. The lowest BCUT2D eigenvalue weighted by molar-refractivity contribution is -0.256. The molecular formula is C23H21ClF7N5O2. The number of rotatable bonds is 0. The van der Waals surface area contributed by atoms with Crippen LogP contribution in [0, 0.1) is 5.82 Å². The van der Waals surface area contributed by atoms with Gasteiger partial charge in [0.05, 0.1) is 5.69 Å². The third-order valence-corrected chi connectivity index (χ3v) is 6.76. The molecule has 0 amide bonds. The van der Waals surface area contributed by atoms with E-state index < -0.39 is 63.9 Å². The zero-order valence-corrected chi connectivity index (χ0v) is 20.2. The molecule has 1 aromatic carbocycles. The number of hydrogen-bond donors (Lipinski definition) is 2. The fourth-order valence-electron chi connectivity index (χ4n) is 4.93. The normalized spacial score (nSPS) is 21.8. The van der Waals surface area contributed by atoms with E-state index in [-0.39, 0.29) is 37.0 Å². The average Bonchev–Trinajstić information content (AvgIpc) is 3.48. The highest BCUT2D eigenvalue weighted by Crippen LogP contribution is 2.47. The van der Waals surface area contributed by atoms with Crippen molar-refractivity contribution in [2.45, 2.75) is 56.1 Å². The second-order valence-corrected chi connectivity index (χ2v) is 9.11. The van der Waals surface area contributed by atoms with Crippen LogP contribution in [0.25, 0.3) is 11.6 Å². The van der Waals surface area contributed by atoms with Gasteiger partial charge >= 0.3 is 12.4 Å². The maximum Gasteiger partial charge on any atom is 0.430 e. The number of pyridine rings is 1. The minimum absolute atomic E-state index is 0. The summed E-state index contributed by atoms with van der Waals surface area (Å²) in [6.07, 6.45) is -8.18. The minimum Gasteiger partial charge on any atom is -0.415 e. The van der Waals surface area contributed by atoms with Gasteiger partial charge in [-0.3, -0.25) is 0 Å². The van der Waals surface area contributed by atoms with Gasteiger partial charge in [0.15, 0.2) is 5.69 Å². The second kappa shape index (κ2) is 9.56. The number of anilines is 2. The van der Waals surface area contributed by atoms with E-state index in [1.807, 2.05) is 0 Å². The Labute approximate surface area is 217 Å². The predicted octanol–water partition coefficient (Wildman–Crippen LogP) is 5.40. The van der Waals surface area contributed by atoms with E-state index in [4.69, 9.17) is 10.2 Å². The summed E-state index contributed by atoms with van der Waals surface area (Å²) in [5.41, 5.74) is -1.25. The number of nitrogens with two attached hydrogens (primary N) is 1. The number of alkyl halides is 6. The van der Waals surface area contributed by atoms with Crippen LogP contribution in [-0.4, -0.2) is 39.1 Å². The van der Waals surface area contributed by atoms with Crippen LogP contribution < -0.4 is 10.6 Å². The zero-order valence-electron chi connectivity index (χ0n) is 19.4. The number of nitrogens with zero attached hydrogens (tertiary/aromatic N) is 4. The minimum atomic E-state index is -5.50. The van der Waals surface area contributed by atoms with Crippen molar-refractivity contribution in [1.29, 1.82) is 0 Å². The zero-order chi connectivity index (χ0) is 26.8. The first-order valence-electron chi connectivity index (χ1n) is 11.4. The molecule has 3 aromatic rings. The summed E-state index contributed by atoms with van der Waals surface area (Å²) in [6.45, 7) is 0.272. The molecule has 0 aliphatic carbocycles. The van der Waals surface area contributed by atoms with Crippen LogP contribution >= 0.6 is 12.4 Å². The molecule has 2 atom stereocenters. The van der Waals surface area contributed by atoms with Gasteiger partial charge in [0.25, 0.3) is 17.4 Å². The quantitative estimate of drug-likeness (QED) is 0.351. The highest BCUT2D eigenvalue weighted by Gasteiger charge is 2.61. The van der Waals surface area contributed by atoms with Crippen LogP contribution in [0.15, 0.2) is 28.7 Å². The number of hydrogen-bond acceptors (Lipinski definition) is 7. The van der Waals surface area contributed by atoms with Gasteiger partial charge in [0, 0.05) is 18.2 Å². The summed E-state index contributed by atoms with van der Waals surface area (Å²) in [5, 5.41) is 17.6. The van der Waals surface area contributed by atoms with Gasteiger partial charge in [-0.05, 0) is 55.9 Å². The Morgan fingerprint density at radius 2 is 1.76 bits per heavy atom. The molecule has 0 radical (unpaired) electrons. The Morgan fingerprint density at radius 1 is 1.05 bits per heavy atom. The third-order valence-electron chi connectivity index (χ3n) is 6.76. The summed E-state index contributed by atoms with van der Waals surface area (Å²) in [6, 6.07) is 3.25. The van der Waals surface area contributed by atoms with Crippen molar-refractivity contribution in [2.24, 2.45) is 0 Å². The van der Waals surface area contributed by atoms with Crippen LogP contribution in [0.4, 0.5) is 42.2 Å². The fourth-order valence-corrected chi connectivity index (χ4v) is 4.93. The van der Waals surface area contributed by atoms with Gasteiger partial charge in [0.2, 0.25) is 0 Å². The van der Waals surface area contributed by atoms with E-state index in [9.17, 15) is 35.8 Å². The Hall–Kier alpha value is -3.13. The maximum atomic E-state index is 14.7. The van der Waals surface area contributed by atoms with Crippen molar-refractivity contribution < 1.29 is 40.3 Å². The van der Waals surface area contributed by atoms with E-state index in [1.165, 1.54) is 11.0 Å². The van der Waals surface area contributed by atoms with Crippen LogP contribution in [0.3, 0.4) is 0 Å². The molecule has 3 N–H and O–H groups in total. The fraction of sp³-hybridized carbons (Fsp3) is 0.435. The average molecular weight is 568 g/mol. The van der Waals surface area contributed by atoms with E-state index in [2.05, 4.69) is 15.2 Å². The number of aliphatic hydroxyl groups is 1. The molecule has 0 spiro atoms. The first-order chi connectivity index (χ1) is 17.3. The van der Waals surface area contributed by atoms with Crippen LogP contribution in [-0.2, 0) is 18.2 Å². The molecule has 0 saturated carbocycles. The Kier molecular flexibility index (Phi) is 7.02. The van der Waals surface area contributed by atoms with E-state index >= 15 is 0 Å². The molecule has 2 aliphatic heterocycles. The number of fused-ring (bicyclic) bond motifs is 9. The summed E-state index contributed by atoms with van der Waals surface area (Å²) in [7, 11) is 0. The molecule has 15 heteroatoms. The topological polar surface area (TPSA) is 101 Å². The van der Waals surface area contributed by atoms with Crippen LogP contribution in [0.1, 0.15) is 48.3 Å². The van der Waals surface area contributed by atoms with Gasteiger partial charge in [-0.25, -0.2) is 9.37 Å². The molecule has 38 heavy (non-hydrogen) atoms. The molecule has 2 aromatic heterocycles. The Balaban J connectivity index is 0.00000336. The highest BCUT2D eigenvalue weighted by atomic mass is 35.5. The van der Waals surface area contributed by atoms with Crippen molar-refractivity contribution in [3.63, 3.8) is 0 Å². The molecule has 1 fully saturated rings. The number of aryl methyl sites for hydroxylation is 1. The predicted molar refractivity (Wildman–Crippen MR) is 123 cm³/mol. The van der Waals surface area contributed by atoms with Gasteiger partial charge in [-0.2, -0.15) is 26.3 Å². The molecule has 1 saturated heterocycles. The molecule has 206 valence electrons. The molecule has 7 nitrogen and oxygen atoms in total. The van der Waals surface area contributed by atoms with Gasteiger partial charge in [-0.15, -0.1) is 22.6 Å². The second-order valence-electron chi connectivity index (χ2n) is 9.11. The van der Waals surface area contributed by atoms with Gasteiger partial charge in [0.1, 0.15) is 17.2 Å². The van der Waals surface area contributed by atoms with Gasteiger partial charge < -0.3 is 20.2 Å². The SMILES string of the molecule is Cl.Nc1cc(C(F)(F)F)c2nc1-c1nnc(o1)[C@](O)(C(F)(F)F)c1cc(ccc1F)CCC[C@@H]1CCCN21. The van der Waals surface area contributed by atoms with E-state index in [0.717, 1.165) is 12.1 Å². The lowest BCUT2D eigenvalue weighted by Crippen LogP contribution is -2.44. The number of benzene rings is 1. The van der Waals surface area contributed by atoms with Crippen molar-refractivity contribution >= 4 is 23.9 Å². The first kappa shape index (κ1) is 27.9. The molecule has 0 unspecified atom stereocenters. The standard InChI is InChI=1S/C23H20F7N5O2.ClH/c24-15-7-6-11-3-1-4-12-5-2-8-35(12)18-14(22(25,26)27)10-16(31)17(32-18)19-33-34-20(37-19)21(36,13(15)9-11)23(28,29)30;/h6-7,9-10,12,36H,1-5,8,31H2;1H/t12-,21+;/m1./s1. The van der Waals surface area contributed by atoms with Crippen molar-refractivity contribution in [1.82, 2.24) is 15.2 Å². The number of aromatic nitrogens is 3. The van der Waals surface area contributed by atoms with Crippen LogP contribution in [0.5, 0.6) is 0 Å². The lowest BCUT2D eigenvalue weighted by Gasteiger charge is -2.29. The summed E-state index contributed by atoms with van der Waals surface area (Å²) >= 11 is 0. The molecule has 4 heterocycles. The highest BCUT2D eigenvalue weighted by molar-refractivity contribution is 5.85. The number of nitrogen functional groups attached to an aromatic ring is 1.